The fraction of sp³-hybridized carbons (Fsp3) is 0.400. The lowest BCUT2D eigenvalue weighted by Crippen LogP contribution is -2.40. The quantitative estimate of drug-likeness (QED) is 0.910. The van der Waals surface area contributed by atoms with Gasteiger partial charge in [-0.2, -0.15) is 0 Å². The van der Waals surface area contributed by atoms with Crippen molar-refractivity contribution >= 4 is 5.91 Å². The highest BCUT2D eigenvalue weighted by Crippen LogP contribution is 2.24. The number of carbonyl (C=O) groups is 1. The van der Waals surface area contributed by atoms with Gasteiger partial charge in [-0.1, -0.05) is 18.2 Å². The number of rotatable bonds is 5. The van der Waals surface area contributed by atoms with Crippen LogP contribution in [0, 0.1) is 0 Å². The van der Waals surface area contributed by atoms with Crippen molar-refractivity contribution in [3.05, 3.63) is 59.9 Å². The van der Waals surface area contributed by atoms with Crippen LogP contribution in [0.2, 0.25) is 0 Å². The molecule has 0 radical (unpaired) electrons. The number of methoxy groups -OCH3 is 1. The van der Waals surface area contributed by atoms with Gasteiger partial charge >= 0.3 is 0 Å². The first kappa shape index (κ1) is 17.4. The minimum atomic E-state index is 0.00926. The topological polar surface area (TPSA) is 54.5 Å². The molecule has 25 heavy (non-hydrogen) atoms. The molecular formula is C20H25N3O2. The van der Waals surface area contributed by atoms with Gasteiger partial charge in [0, 0.05) is 12.2 Å². The molecule has 0 saturated carbocycles. The highest BCUT2D eigenvalue weighted by atomic mass is 16.5. The van der Waals surface area contributed by atoms with Crippen LogP contribution < -0.4 is 10.1 Å². The number of hydrogen-bond donors (Lipinski definition) is 1. The van der Waals surface area contributed by atoms with Gasteiger partial charge in [-0.15, -0.1) is 0 Å². The van der Waals surface area contributed by atoms with Crippen LogP contribution in [0.1, 0.15) is 35.3 Å². The molecule has 5 heteroatoms. The zero-order valence-electron chi connectivity index (χ0n) is 14.6. The average molecular weight is 339 g/mol. The number of pyridine rings is 1. The number of nitrogens with one attached hydrogen (secondary N) is 1. The van der Waals surface area contributed by atoms with Crippen molar-refractivity contribution in [1.29, 1.82) is 0 Å². The zero-order chi connectivity index (χ0) is 17.5. The number of ether oxygens (including phenoxy) is 1. The highest BCUT2D eigenvalue weighted by molar-refractivity contribution is 5.97. The molecule has 1 fully saturated rings. The third-order valence-electron chi connectivity index (χ3n) is 4.64. The predicted octanol–water partition coefficient (Wildman–Crippen LogP) is 2.87. The number of hydrogen-bond acceptors (Lipinski definition) is 4. The number of amides is 1. The summed E-state index contributed by atoms with van der Waals surface area (Å²) in [5.41, 5.74) is 1.51. The fourth-order valence-corrected chi connectivity index (χ4v) is 3.32. The molecule has 1 aromatic carbocycles. The molecule has 1 unspecified atom stereocenters. The summed E-state index contributed by atoms with van der Waals surface area (Å²) in [5.74, 6) is 0.625. The first-order valence-corrected chi connectivity index (χ1v) is 8.84. The summed E-state index contributed by atoms with van der Waals surface area (Å²) in [7, 11) is 1.60. The van der Waals surface area contributed by atoms with Crippen LogP contribution in [0.3, 0.4) is 0 Å². The number of para-hydroxylation sites is 1. The first-order valence-electron chi connectivity index (χ1n) is 8.84. The van der Waals surface area contributed by atoms with E-state index in [0.29, 0.717) is 17.9 Å². The molecule has 5 nitrogen and oxygen atoms in total. The van der Waals surface area contributed by atoms with Crippen LogP contribution in [0.4, 0.5) is 0 Å². The minimum Gasteiger partial charge on any atom is -0.496 e. The van der Waals surface area contributed by atoms with E-state index in [1.54, 1.807) is 13.3 Å². The second kappa shape index (κ2) is 8.62. The summed E-state index contributed by atoms with van der Waals surface area (Å²) >= 11 is 0. The SMILES string of the molecule is COc1ccccc1C(=O)N(Cc1ccccn1)C1CCCNCC1. The Bertz CT molecular complexity index is 682. The Morgan fingerprint density at radius 2 is 2.04 bits per heavy atom. The molecule has 1 N–H and O–H groups in total. The lowest BCUT2D eigenvalue weighted by atomic mass is 10.0. The molecule has 2 aromatic rings. The standard InChI is InChI=1S/C20H25N3O2/c1-25-19-10-3-2-9-18(19)20(24)23(15-16-7-4-5-13-22-16)17-8-6-12-21-14-11-17/h2-5,7,9-10,13,17,21H,6,8,11-12,14-15H2,1H3. The Morgan fingerprint density at radius 1 is 1.20 bits per heavy atom. The maximum Gasteiger partial charge on any atom is 0.258 e. The van der Waals surface area contributed by atoms with Crippen LogP contribution in [0.15, 0.2) is 48.7 Å². The van der Waals surface area contributed by atoms with Gasteiger partial charge < -0.3 is 15.0 Å². The van der Waals surface area contributed by atoms with E-state index in [1.807, 2.05) is 47.4 Å². The van der Waals surface area contributed by atoms with E-state index in [0.717, 1.165) is 38.0 Å². The molecule has 2 heterocycles. The Morgan fingerprint density at radius 3 is 2.84 bits per heavy atom. The molecule has 1 saturated heterocycles. The van der Waals surface area contributed by atoms with Crippen molar-refractivity contribution in [3.63, 3.8) is 0 Å². The van der Waals surface area contributed by atoms with E-state index in [-0.39, 0.29) is 11.9 Å². The van der Waals surface area contributed by atoms with Crippen molar-refractivity contribution < 1.29 is 9.53 Å². The van der Waals surface area contributed by atoms with Crippen LogP contribution in [0.5, 0.6) is 5.75 Å². The van der Waals surface area contributed by atoms with Crippen LogP contribution in [-0.2, 0) is 6.54 Å². The van der Waals surface area contributed by atoms with Crippen molar-refractivity contribution in [1.82, 2.24) is 15.2 Å². The molecule has 1 aliphatic rings. The first-order chi connectivity index (χ1) is 12.3. The van der Waals surface area contributed by atoms with Crippen molar-refractivity contribution in [2.45, 2.75) is 31.8 Å². The lowest BCUT2D eigenvalue weighted by Gasteiger charge is -2.31. The van der Waals surface area contributed by atoms with Crippen molar-refractivity contribution in [3.8, 4) is 5.75 Å². The molecule has 1 atom stereocenters. The summed E-state index contributed by atoms with van der Waals surface area (Å²) < 4.78 is 5.40. The molecule has 3 rings (SSSR count). The van der Waals surface area contributed by atoms with Gasteiger partial charge in [0.25, 0.3) is 5.91 Å². The monoisotopic (exact) mass is 339 g/mol. The van der Waals surface area contributed by atoms with Crippen LogP contribution >= 0.6 is 0 Å². The Balaban J connectivity index is 1.90. The van der Waals surface area contributed by atoms with Gasteiger partial charge in [0.2, 0.25) is 0 Å². The Hall–Kier alpha value is -2.40. The maximum atomic E-state index is 13.3. The van der Waals surface area contributed by atoms with Crippen molar-refractivity contribution in [2.24, 2.45) is 0 Å². The van der Waals surface area contributed by atoms with Gasteiger partial charge in [-0.25, -0.2) is 0 Å². The summed E-state index contributed by atoms with van der Waals surface area (Å²) in [6.45, 7) is 2.46. The second-order valence-corrected chi connectivity index (χ2v) is 6.29. The average Bonchev–Trinajstić information content (AvgIpc) is 2.95. The van der Waals surface area contributed by atoms with Crippen LogP contribution in [-0.4, -0.2) is 42.0 Å². The van der Waals surface area contributed by atoms with E-state index in [1.165, 1.54) is 0 Å². The summed E-state index contributed by atoms with van der Waals surface area (Å²) in [6.07, 6.45) is 4.80. The molecule has 0 spiro atoms. The number of nitrogens with zero attached hydrogens (tertiary/aromatic N) is 2. The Kier molecular flexibility index (Phi) is 6.01. The summed E-state index contributed by atoms with van der Waals surface area (Å²) in [6, 6.07) is 13.5. The smallest absolute Gasteiger partial charge is 0.258 e. The second-order valence-electron chi connectivity index (χ2n) is 6.29. The van der Waals surface area contributed by atoms with E-state index in [2.05, 4.69) is 10.3 Å². The van der Waals surface area contributed by atoms with E-state index in [9.17, 15) is 4.79 Å². The summed E-state index contributed by atoms with van der Waals surface area (Å²) in [5, 5.41) is 3.42. The Labute approximate surface area is 149 Å². The van der Waals surface area contributed by atoms with Gasteiger partial charge in [-0.3, -0.25) is 9.78 Å². The molecule has 0 bridgehead atoms. The normalized spacial score (nSPS) is 17.6. The molecule has 1 amide bonds. The molecule has 0 aliphatic carbocycles. The molecule has 1 aliphatic heterocycles. The number of carbonyl (C=O) groups excluding carboxylic acids is 1. The third-order valence-corrected chi connectivity index (χ3v) is 4.64. The van der Waals surface area contributed by atoms with Gasteiger partial charge in [0.05, 0.1) is 24.9 Å². The number of aromatic nitrogens is 1. The predicted molar refractivity (Wildman–Crippen MR) is 97.6 cm³/mol. The largest absolute Gasteiger partial charge is 0.496 e. The lowest BCUT2D eigenvalue weighted by molar-refractivity contribution is 0.0639. The molecule has 132 valence electrons. The van der Waals surface area contributed by atoms with E-state index >= 15 is 0 Å². The third kappa shape index (κ3) is 4.37. The van der Waals surface area contributed by atoms with Gasteiger partial charge in [0.15, 0.2) is 0 Å². The summed E-state index contributed by atoms with van der Waals surface area (Å²) in [4.78, 5) is 19.7. The van der Waals surface area contributed by atoms with Gasteiger partial charge in [-0.05, 0) is 56.6 Å². The maximum absolute atomic E-state index is 13.3. The van der Waals surface area contributed by atoms with E-state index in [4.69, 9.17) is 4.74 Å². The minimum absolute atomic E-state index is 0.00926. The molecular weight excluding hydrogens is 314 g/mol. The van der Waals surface area contributed by atoms with Crippen LogP contribution in [0.25, 0.3) is 0 Å². The fourth-order valence-electron chi connectivity index (χ4n) is 3.32. The van der Waals surface area contributed by atoms with Crippen molar-refractivity contribution in [2.75, 3.05) is 20.2 Å². The van der Waals surface area contributed by atoms with E-state index < -0.39 is 0 Å². The molecule has 1 aromatic heterocycles. The van der Waals surface area contributed by atoms with Gasteiger partial charge in [0.1, 0.15) is 5.75 Å². The number of benzene rings is 1. The highest BCUT2D eigenvalue weighted by Gasteiger charge is 2.27. The zero-order valence-corrected chi connectivity index (χ0v) is 14.6.